The first-order valence-corrected chi connectivity index (χ1v) is 8.14. The third kappa shape index (κ3) is 5.56. The summed E-state index contributed by atoms with van der Waals surface area (Å²) in [5, 5.41) is 2.88. The number of carbonyl (C=O) groups is 2. The normalized spacial score (nSPS) is 17.6. The third-order valence-electron chi connectivity index (χ3n) is 3.93. The second kappa shape index (κ2) is 9.15. The molecule has 0 aromatic heterocycles. The van der Waals surface area contributed by atoms with E-state index < -0.39 is 0 Å². The Morgan fingerprint density at radius 1 is 1.30 bits per heavy atom. The van der Waals surface area contributed by atoms with E-state index in [-0.39, 0.29) is 24.3 Å². The van der Waals surface area contributed by atoms with Gasteiger partial charge in [0.25, 0.3) is 5.91 Å². The second-order valence-corrected chi connectivity index (χ2v) is 5.71. The Balaban J connectivity index is 1.78. The highest BCUT2D eigenvalue weighted by atomic mass is 16.5. The predicted octanol–water partition coefficient (Wildman–Crippen LogP) is 0.769. The van der Waals surface area contributed by atoms with Crippen LogP contribution in [-0.4, -0.2) is 49.5 Å². The molecular weight excluding hydrogens is 294 g/mol. The molecule has 0 spiro atoms. The number of para-hydroxylation sites is 1. The average molecular weight is 319 g/mol. The monoisotopic (exact) mass is 319 g/mol. The molecule has 6 heteroatoms. The molecule has 3 N–H and O–H groups in total. The summed E-state index contributed by atoms with van der Waals surface area (Å²) < 4.78 is 5.49. The van der Waals surface area contributed by atoms with E-state index in [0.717, 1.165) is 19.3 Å². The summed E-state index contributed by atoms with van der Waals surface area (Å²) in [6, 6.07) is 9.26. The largest absolute Gasteiger partial charge is 0.484 e. The van der Waals surface area contributed by atoms with Gasteiger partial charge in [0.1, 0.15) is 5.75 Å². The van der Waals surface area contributed by atoms with E-state index >= 15 is 0 Å². The van der Waals surface area contributed by atoms with Crippen molar-refractivity contribution in [1.82, 2.24) is 10.2 Å². The number of carbonyl (C=O) groups excluding carboxylic acids is 2. The van der Waals surface area contributed by atoms with Crippen LogP contribution in [0.15, 0.2) is 30.3 Å². The molecule has 1 fully saturated rings. The van der Waals surface area contributed by atoms with Crippen molar-refractivity contribution < 1.29 is 14.3 Å². The molecule has 0 aliphatic carbocycles. The molecule has 2 rings (SSSR count). The molecule has 1 unspecified atom stereocenters. The second-order valence-electron chi connectivity index (χ2n) is 5.71. The molecule has 1 saturated heterocycles. The molecule has 126 valence electrons. The lowest BCUT2D eigenvalue weighted by molar-refractivity contribution is -0.137. The van der Waals surface area contributed by atoms with Gasteiger partial charge in [-0.3, -0.25) is 9.59 Å². The zero-order valence-corrected chi connectivity index (χ0v) is 13.4. The minimum Gasteiger partial charge on any atom is -0.484 e. The molecule has 0 bridgehead atoms. The number of hydrogen-bond acceptors (Lipinski definition) is 4. The van der Waals surface area contributed by atoms with E-state index in [4.69, 9.17) is 10.5 Å². The van der Waals surface area contributed by atoms with Gasteiger partial charge in [0, 0.05) is 19.6 Å². The molecule has 1 aromatic rings. The predicted molar refractivity (Wildman–Crippen MR) is 87.9 cm³/mol. The Bertz CT molecular complexity index is 507. The lowest BCUT2D eigenvalue weighted by atomic mass is 9.97. The van der Waals surface area contributed by atoms with Gasteiger partial charge < -0.3 is 20.7 Å². The number of hydrogen-bond donors (Lipinski definition) is 2. The van der Waals surface area contributed by atoms with Gasteiger partial charge in [0.2, 0.25) is 5.91 Å². The Labute approximate surface area is 137 Å². The van der Waals surface area contributed by atoms with Gasteiger partial charge in [-0.15, -0.1) is 0 Å². The van der Waals surface area contributed by atoms with Crippen LogP contribution in [0, 0.1) is 5.92 Å². The van der Waals surface area contributed by atoms with Crippen LogP contribution in [0.4, 0.5) is 0 Å². The fourth-order valence-electron chi connectivity index (χ4n) is 2.63. The minimum atomic E-state index is -0.137. The standard InChI is InChI=1S/C17H25N3O3/c18-9-5-10-19-17(22)14-6-4-11-20(12-14)16(21)13-23-15-7-2-1-3-8-15/h1-3,7-8,14H,4-6,9-13,18H2,(H,19,22). The van der Waals surface area contributed by atoms with Crippen molar-refractivity contribution in [2.24, 2.45) is 11.7 Å². The Morgan fingerprint density at radius 3 is 2.83 bits per heavy atom. The maximum atomic E-state index is 12.3. The molecule has 0 radical (unpaired) electrons. The lowest BCUT2D eigenvalue weighted by Gasteiger charge is -2.32. The number of benzene rings is 1. The molecule has 23 heavy (non-hydrogen) atoms. The summed E-state index contributed by atoms with van der Waals surface area (Å²) in [5.41, 5.74) is 5.42. The summed E-state index contributed by atoms with van der Waals surface area (Å²) in [6.07, 6.45) is 2.43. The molecule has 1 atom stereocenters. The van der Waals surface area contributed by atoms with Gasteiger partial charge in [-0.25, -0.2) is 0 Å². The number of piperidine rings is 1. The maximum Gasteiger partial charge on any atom is 0.260 e. The van der Waals surface area contributed by atoms with Crippen LogP contribution >= 0.6 is 0 Å². The first-order chi connectivity index (χ1) is 11.2. The van der Waals surface area contributed by atoms with Crippen molar-refractivity contribution >= 4 is 11.8 Å². The molecule has 6 nitrogen and oxygen atoms in total. The van der Waals surface area contributed by atoms with E-state index in [2.05, 4.69) is 5.32 Å². The maximum absolute atomic E-state index is 12.3. The number of nitrogens with two attached hydrogens (primary N) is 1. The summed E-state index contributed by atoms with van der Waals surface area (Å²) in [6.45, 7) is 2.31. The van der Waals surface area contributed by atoms with Crippen LogP contribution in [0.2, 0.25) is 0 Å². The number of ether oxygens (including phenoxy) is 1. The number of nitrogens with zero attached hydrogens (tertiary/aromatic N) is 1. The van der Waals surface area contributed by atoms with Crippen molar-refractivity contribution in [1.29, 1.82) is 0 Å². The Hall–Kier alpha value is -2.08. The molecule has 0 saturated carbocycles. The summed E-state index contributed by atoms with van der Waals surface area (Å²) in [4.78, 5) is 26.1. The smallest absolute Gasteiger partial charge is 0.260 e. The Kier molecular flexibility index (Phi) is 6.87. The van der Waals surface area contributed by atoms with E-state index in [9.17, 15) is 9.59 Å². The third-order valence-corrected chi connectivity index (χ3v) is 3.93. The zero-order valence-electron chi connectivity index (χ0n) is 13.4. The number of rotatable bonds is 7. The van der Waals surface area contributed by atoms with Crippen LogP contribution < -0.4 is 15.8 Å². The first-order valence-electron chi connectivity index (χ1n) is 8.14. The quantitative estimate of drug-likeness (QED) is 0.727. The number of nitrogens with one attached hydrogen (secondary N) is 1. The van der Waals surface area contributed by atoms with Crippen molar-refractivity contribution in [2.75, 3.05) is 32.8 Å². The van der Waals surface area contributed by atoms with Crippen molar-refractivity contribution in [3.8, 4) is 5.75 Å². The van der Waals surface area contributed by atoms with Crippen LogP contribution in [0.3, 0.4) is 0 Å². The highest BCUT2D eigenvalue weighted by Crippen LogP contribution is 2.17. The fraction of sp³-hybridized carbons (Fsp3) is 0.529. The van der Waals surface area contributed by atoms with Crippen LogP contribution in [0.25, 0.3) is 0 Å². The van der Waals surface area contributed by atoms with Crippen molar-refractivity contribution in [2.45, 2.75) is 19.3 Å². The Morgan fingerprint density at radius 2 is 2.09 bits per heavy atom. The summed E-state index contributed by atoms with van der Waals surface area (Å²) in [5.74, 6) is 0.476. The van der Waals surface area contributed by atoms with E-state index in [1.807, 2.05) is 30.3 Å². The average Bonchev–Trinajstić information content (AvgIpc) is 2.61. The zero-order chi connectivity index (χ0) is 16.5. The SMILES string of the molecule is NCCCNC(=O)C1CCCN(C(=O)COc2ccccc2)C1. The molecular formula is C17H25N3O3. The van der Waals surface area contributed by atoms with E-state index in [1.54, 1.807) is 4.90 Å². The molecule has 1 aliphatic heterocycles. The lowest BCUT2D eigenvalue weighted by Crippen LogP contribution is -2.47. The van der Waals surface area contributed by atoms with Gasteiger partial charge in [-0.2, -0.15) is 0 Å². The van der Waals surface area contributed by atoms with Crippen LogP contribution in [-0.2, 0) is 9.59 Å². The summed E-state index contributed by atoms with van der Waals surface area (Å²) in [7, 11) is 0. The van der Waals surface area contributed by atoms with Crippen molar-refractivity contribution in [3.05, 3.63) is 30.3 Å². The summed E-state index contributed by atoms with van der Waals surface area (Å²) >= 11 is 0. The van der Waals surface area contributed by atoms with E-state index in [1.165, 1.54) is 0 Å². The molecule has 1 aliphatic rings. The highest BCUT2D eigenvalue weighted by Gasteiger charge is 2.28. The number of amides is 2. The first kappa shape index (κ1) is 17.3. The van der Waals surface area contributed by atoms with Crippen molar-refractivity contribution in [3.63, 3.8) is 0 Å². The van der Waals surface area contributed by atoms with Gasteiger partial charge in [0.05, 0.1) is 5.92 Å². The number of likely N-dealkylation sites (tertiary alicyclic amines) is 1. The van der Waals surface area contributed by atoms with E-state index in [0.29, 0.717) is 31.9 Å². The van der Waals surface area contributed by atoms with Gasteiger partial charge >= 0.3 is 0 Å². The molecule has 1 aromatic carbocycles. The van der Waals surface area contributed by atoms with Crippen LogP contribution in [0.5, 0.6) is 5.75 Å². The minimum absolute atomic E-state index is 0.00548. The topological polar surface area (TPSA) is 84.7 Å². The van der Waals surface area contributed by atoms with Gasteiger partial charge in [0.15, 0.2) is 6.61 Å². The highest BCUT2D eigenvalue weighted by molar-refractivity contribution is 5.81. The van der Waals surface area contributed by atoms with Gasteiger partial charge in [-0.05, 0) is 37.9 Å². The fourth-order valence-corrected chi connectivity index (χ4v) is 2.63. The molecule has 1 heterocycles. The van der Waals surface area contributed by atoms with Gasteiger partial charge in [-0.1, -0.05) is 18.2 Å². The van der Waals surface area contributed by atoms with Crippen LogP contribution in [0.1, 0.15) is 19.3 Å². The molecule has 2 amide bonds.